The molecule has 0 aromatic heterocycles. The van der Waals surface area contributed by atoms with E-state index in [-0.39, 0.29) is 45.4 Å². The quantitative estimate of drug-likeness (QED) is 0.728. The largest absolute Gasteiger partial charge is 0.493 e. The highest BCUT2D eigenvalue weighted by molar-refractivity contribution is 6.23. The molecule has 0 saturated heterocycles. The summed E-state index contributed by atoms with van der Waals surface area (Å²) in [5.74, 6) is -1.74. The zero-order chi connectivity index (χ0) is 18.0. The molecule has 0 aromatic carbocycles. The highest BCUT2D eigenvalue weighted by Gasteiger charge is 2.30. The third-order valence-electron chi connectivity index (χ3n) is 3.65. The van der Waals surface area contributed by atoms with E-state index >= 15 is 0 Å². The summed E-state index contributed by atoms with van der Waals surface area (Å²) in [4.78, 5) is 48.4. The number of methoxy groups -OCH3 is 2. The standard InChI is InChI=1S/C18H16O6/c1-9(19)11-5-13(17(21)15(7-11)23-3)14-6-12(10(2)20)8-16(24-4)18(14)22/h5-8H,1-4H3/b14-13-. The van der Waals surface area contributed by atoms with Crippen molar-refractivity contribution in [2.75, 3.05) is 14.2 Å². The number of allylic oxidation sites excluding steroid dienone is 8. The van der Waals surface area contributed by atoms with Crippen LogP contribution in [0.25, 0.3) is 0 Å². The fraction of sp³-hybridized carbons (Fsp3) is 0.222. The third-order valence-corrected chi connectivity index (χ3v) is 3.65. The Bertz CT molecular complexity index is 746. The lowest BCUT2D eigenvalue weighted by atomic mass is 9.87. The van der Waals surface area contributed by atoms with Gasteiger partial charge in [0, 0.05) is 22.3 Å². The summed E-state index contributed by atoms with van der Waals surface area (Å²) in [6, 6.07) is 0. The van der Waals surface area contributed by atoms with E-state index in [4.69, 9.17) is 9.47 Å². The van der Waals surface area contributed by atoms with E-state index in [0.29, 0.717) is 0 Å². The Kier molecular flexibility index (Phi) is 4.78. The maximum Gasteiger partial charge on any atom is 0.228 e. The Hall–Kier alpha value is -3.02. The van der Waals surface area contributed by atoms with Gasteiger partial charge in [0.25, 0.3) is 0 Å². The molecule has 0 spiro atoms. The van der Waals surface area contributed by atoms with Gasteiger partial charge in [-0.25, -0.2) is 0 Å². The number of carbonyl (C=O) groups is 4. The molecule has 0 fully saturated rings. The van der Waals surface area contributed by atoms with Gasteiger partial charge in [-0.3, -0.25) is 19.2 Å². The zero-order valence-electron chi connectivity index (χ0n) is 13.8. The number of hydrogen-bond donors (Lipinski definition) is 0. The molecule has 0 heterocycles. The summed E-state index contributed by atoms with van der Waals surface area (Å²) in [6.45, 7) is 2.68. The van der Waals surface area contributed by atoms with Crippen molar-refractivity contribution in [2.24, 2.45) is 0 Å². The van der Waals surface area contributed by atoms with E-state index in [1.54, 1.807) is 0 Å². The average Bonchev–Trinajstić information content (AvgIpc) is 2.55. The van der Waals surface area contributed by atoms with Crippen molar-refractivity contribution < 1.29 is 28.7 Å². The Morgan fingerprint density at radius 2 is 1.04 bits per heavy atom. The van der Waals surface area contributed by atoms with Gasteiger partial charge < -0.3 is 9.47 Å². The maximum absolute atomic E-state index is 12.5. The van der Waals surface area contributed by atoms with Crippen LogP contribution in [0.3, 0.4) is 0 Å². The molecule has 0 saturated carbocycles. The van der Waals surface area contributed by atoms with Crippen LogP contribution >= 0.6 is 0 Å². The first-order chi connectivity index (χ1) is 11.3. The van der Waals surface area contributed by atoms with Gasteiger partial charge in [0.2, 0.25) is 11.6 Å². The van der Waals surface area contributed by atoms with E-state index in [0.717, 1.165) is 0 Å². The summed E-state index contributed by atoms with van der Waals surface area (Å²) in [5.41, 5.74) is 0.443. The van der Waals surface area contributed by atoms with Gasteiger partial charge >= 0.3 is 0 Å². The maximum atomic E-state index is 12.5. The lowest BCUT2D eigenvalue weighted by Crippen LogP contribution is -2.21. The van der Waals surface area contributed by atoms with Crippen molar-refractivity contribution in [3.63, 3.8) is 0 Å². The van der Waals surface area contributed by atoms with Crippen LogP contribution in [0.2, 0.25) is 0 Å². The number of rotatable bonds is 4. The molecule has 2 aliphatic rings. The summed E-state index contributed by atoms with van der Waals surface area (Å²) in [7, 11) is 2.60. The molecule has 6 nitrogen and oxygen atoms in total. The van der Waals surface area contributed by atoms with Gasteiger partial charge in [0.1, 0.15) is 0 Å². The van der Waals surface area contributed by atoms with E-state index in [1.165, 1.54) is 52.4 Å². The molecule has 6 heteroatoms. The number of hydrogen-bond acceptors (Lipinski definition) is 6. The molecule has 0 aromatic rings. The van der Waals surface area contributed by atoms with Gasteiger partial charge in [-0.05, 0) is 38.2 Å². The van der Waals surface area contributed by atoms with Crippen molar-refractivity contribution in [3.05, 3.63) is 58.1 Å². The molecule has 124 valence electrons. The van der Waals surface area contributed by atoms with Crippen LogP contribution in [0.5, 0.6) is 0 Å². The summed E-state index contributed by atoms with van der Waals surface area (Å²) in [6.07, 6.45) is 5.30. The molecule has 0 bridgehead atoms. The molecular weight excluding hydrogens is 312 g/mol. The highest BCUT2D eigenvalue weighted by Crippen LogP contribution is 2.29. The lowest BCUT2D eigenvalue weighted by Gasteiger charge is -2.18. The predicted octanol–water partition coefficient (Wildman–Crippen LogP) is 1.54. The first kappa shape index (κ1) is 17.3. The minimum absolute atomic E-state index is 0.00838. The number of carbonyl (C=O) groups excluding carboxylic acids is 4. The van der Waals surface area contributed by atoms with Crippen molar-refractivity contribution in [2.45, 2.75) is 13.8 Å². The van der Waals surface area contributed by atoms with Crippen molar-refractivity contribution in [3.8, 4) is 0 Å². The fourth-order valence-electron chi connectivity index (χ4n) is 2.31. The Balaban J connectivity index is 2.73. The van der Waals surface area contributed by atoms with E-state index in [2.05, 4.69) is 0 Å². The summed E-state index contributed by atoms with van der Waals surface area (Å²) in [5, 5.41) is 0. The Labute approximate surface area is 138 Å². The summed E-state index contributed by atoms with van der Waals surface area (Å²) >= 11 is 0. The first-order valence-electron chi connectivity index (χ1n) is 7.10. The van der Waals surface area contributed by atoms with Gasteiger partial charge in [-0.1, -0.05) is 0 Å². The second-order valence-electron chi connectivity index (χ2n) is 5.22. The molecular formula is C18H16O6. The third kappa shape index (κ3) is 3.03. The van der Waals surface area contributed by atoms with Gasteiger partial charge in [-0.2, -0.15) is 0 Å². The molecule has 24 heavy (non-hydrogen) atoms. The number of Topliss-reactive ketones (excluding diaryl/α,β-unsaturated/α-hetero) is 4. The Morgan fingerprint density at radius 3 is 1.29 bits per heavy atom. The monoisotopic (exact) mass is 328 g/mol. The zero-order valence-corrected chi connectivity index (χ0v) is 13.8. The molecule has 0 radical (unpaired) electrons. The fourth-order valence-corrected chi connectivity index (χ4v) is 2.31. The number of ether oxygens (including phenoxy) is 2. The van der Waals surface area contributed by atoms with Crippen LogP contribution in [0, 0.1) is 0 Å². The predicted molar refractivity (Wildman–Crippen MR) is 84.8 cm³/mol. The minimum Gasteiger partial charge on any atom is -0.493 e. The van der Waals surface area contributed by atoms with Crippen LogP contribution in [-0.2, 0) is 28.7 Å². The second-order valence-corrected chi connectivity index (χ2v) is 5.22. The van der Waals surface area contributed by atoms with Crippen molar-refractivity contribution >= 4 is 23.1 Å². The lowest BCUT2D eigenvalue weighted by molar-refractivity contribution is -0.117. The van der Waals surface area contributed by atoms with Crippen LogP contribution in [-0.4, -0.2) is 37.4 Å². The van der Waals surface area contributed by atoms with E-state index < -0.39 is 11.6 Å². The molecule has 2 rings (SSSR count). The molecule has 0 atom stereocenters. The van der Waals surface area contributed by atoms with Gasteiger partial charge in [0.15, 0.2) is 23.1 Å². The van der Waals surface area contributed by atoms with Gasteiger partial charge in [0.05, 0.1) is 14.2 Å². The smallest absolute Gasteiger partial charge is 0.228 e. The average molecular weight is 328 g/mol. The number of ketones is 4. The Morgan fingerprint density at radius 1 is 0.708 bits per heavy atom. The topological polar surface area (TPSA) is 86.7 Å². The SMILES string of the molecule is COC1=CC(C(C)=O)=C/C(=C2\C=C(C(C)=O)C=C(OC)C2=O)C1=O. The molecule has 2 aliphatic carbocycles. The van der Waals surface area contributed by atoms with Crippen LogP contribution in [0.15, 0.2) is 58.1 Å². The van der Waals surface area contributed by atoms with Crippen LogP contribution in [0.4, 0.5) is 0 Å². The summed E-state index contributed by atoms with van der Waals surface area (Å²) < 4.78 is 10.0. The molecule has 0 unspecified atom stereocenters. The second kappa shape index (κ2) is 6.62. The minimum atomic E-state index is -0.539. The highest BCUT2D eigenvalue weighted by atomic mass is 16.5. The molecule has 0 amide bonds. The normalized spacial score (nSPS) is 20.7. The van der Waals surface area contributed by atoms with E-state index in [9.17, 15) is 19.2 Å². The van der Waals surface area contributed by atoms with E-state index in [1.807, 2.05) is 0 Å². The van der Waals surface area contributed by atoms with Crippen LogP contribution in [0.1, 0.15) is 13.8 Å². The first-order valence-corrected chi connectivity index (χ1v) is 7.10. The molecule has 0 N–H and O–H groups in total. The van der Waals surface area contributed by atoms with Crippen molar-refractivity contribution in [1.29, 1.82) is 0 Å². The van der Waals surface area contributed by atoms with Crippen molar-refractivity contribution in [1.82, 2.24) is 0 Å². The van der Waals surface area contributed by atoms with Gasteiger partial charge in [-0.15, -0.1) is 0 Å². The molecule has 0 aliphatic heterocycles. The van der Waals surface area contributed by atoms with Crippen LogP contribution < -0.4 is 0 Å².